The van der Waals surface area contributed by atoms with E-state index in [9.17, 15) is 19.2 Å². The van der Waals surface area contributed by atoms with Crippen LogP contribution in [0.5, 0.6) is 28.7 Å². The molecule has 4 aliphatic rings. The molecule has 7 rings (SSSR count). The van der Waals surface area contributed by atoms with Gasteiger partial charge in [0.05, 0.1) is 126 Å². The Morgan fingerprint density at radius 3 is 1.65 bits per heavy atom. The van der Waals surface area contributed by atoms with Crippen molar-refractivity contribution >= 4 is 59.1 Å². The number of esters is 1. The first-order chi connectivity index (χ1) is 38.7. The van der Waals surface area contributed by atoms with Gasteiger partial charge in [-0.15, -0.1) is 11.8 Å². The number of likely N-dealkylation sites (N-methyl/N-ethyl adjacent to an activating group) is 1. The van der Waals surface area contributed by atoms with Gasteiger partial charge in [0.15, 0.2) is 23.0 Å². The van der Waals surface area contributed by atoms with Gasteiger partial charge in [0, 0.05) is 80.6 Å². The molecule has 2 fully saturated rings. The van der Waals surface area contributed by atoms with Gasteiger partial charge < -0.3 is 62.1 Å². The zero-order chi connectivity index (χ0) is 57.0. The number of ketones is 1. The highest BCUT2D eigenvalue weighted by Crippen LogP contribution is 2.41. The van der Waals surface area contributed by atoms with Crippen LogP contribution in [0.2, 0.25) is 0 Å². The lowest BCUT2D eigenvalue weighted by Crippen LogP contribution is -2.37. The summed E-state index contributed by atoms with van der Waals surface area (Å²) in [6.45, 7) is 14.4. The number of pyridine rings is 1. The maximum absolute atomic E-state index is 13.8. The summed E-state index contributed by atoms with van der Waals surface area (Å²) in [6, 6.07) is 10.2. The van der Waals surface area contributed by atoms with Crippen LogP contribution in [0.1, 0.15) is 91.9 Å². The zero-order valence-corrected chi connectivity index (χ0v) is 48.4. The predicted octanol–water partition coefficient (Wildman–Crippen LogP) is 7.81. The number of allylic oxidation sites excluding steroid dienone is 2. The van der Waals surface area contributed by atoms with E-state index in [-0.39, 0.29) is 60.0 Å². The van der Waals surface area contributed by atoms with Crippen LogP contribution < -0.4 is 23.7 Å². The van der Waals surface area contributed by atoms with Gasteiger partial charge in [-0.2, -0.15) is 0 Å². The molecule has 2 aromatic carbocycles. The number of ether oxygens (including phenoxy) is 10. The Kier molecular flexibility index (Phi) is 23.3. The minimum absolute atomic E-state index is 0.0199. The number of hydrogen-bond donors (Lipinski definition) is 0. The Hall–Kier alpha value is -6.36. The van der Waals surface area contributed by atoms with Crippen molar-refractivity contribution in [3.05, 3.63) is 82.2 Å². The Balaban J connectivity index is 0.913. The third-order valence-electron chi connectivity index (χ3n) is 13.8. The maximum Gasteiger partial charge on any atom is 0.307 e. The van der Waals surface area contributed by atoms with E-state index in [1.165, 1.54) is 32.5 Å². The number of rotatable bonds is 33. The van der Waals surface area contributed by atoms with Crippen LogP contribution in [0.3, 0.4) is 0 Å². The quantitative estimate of drug-likeness (QED) is 0.0324. The molecule has 0 saturated carbocycles. The second kappa shape index (κ2) is 30.5. The number of aliphatic imine (C=N–C) groups is 2. The number of carbonyl (C=O) groups excluding carboxylic acids is 4. The van der Waals surface area contributed by atoms with Crippen molar-refractivity contribution in [2.75, 3.05) is 120 Å². The van der Waals surface area contributed by atoms with Crippen LogP contribution in [-0.2, 0) is 46.5 Å². The molecule has 5 heterocycles. The van der Waals surface area contributed by atoms with Gasteiger partial charge >= 0.3 is 5.97 Å². The van der Waals surface area contributed by atoms with Crippen LogP contribution in [0, 0.1) is 0 Å². The SMILES string of the molecule is C/C=C1\C[C@H]2C=Nc3cc(OCc4cc(OCCN(C)CC(C)(C)SCC(=O)CCCOCCOCCOCCOCCC(=O)OC)cc(COc5cc6c(cc5OC)C(=O)N5C/C(=C/C)C[C@H]5C=N6)n4)c(OC)cc3C(=O)N2C1. The Morgan fingerprint density at radius 1 is 0.662 bits per heavy atom. The monoisotopic (exact) mass is 1130 g/mol. The van der Waals surface area contributed by atoms with Crippen LogP contribution in [0.15, 0.2) is 69.7 Å². The first kappa shape index (κ1) is 61.3. The minimum Gasteiger partial charge on any atom is -0.493 e. The standard InChI is InChI=1S/C59H78N6O14S/c1-9-40-24-44-32-60-50-30-54(52(70-6)28-48(50)57(68)64(44)34-40)78-36-42-26-47(27-43(62-42)37-79-55-31-51-49(29-53(55)71-7)58(69)65-35-41(10-2)25-45(65)33-61-51)77-17-14-63(5)39-59(3,4)80-38-46(66)12-11-15-73-18-20-75-22-23-76-21-19-74-16-13-56(67)72-8/h9-10,26-33,44-45H,11-25,34-39H2,1-8H3/b40-9+,41-10+/t44-,45-/m0/s1. The van der Waals surface area contributed by atoms with Crippen molar-refractivity contribution in [3.8, 4) is 28.7 Å². The molecule has 434 valence electrons. The molecule has 0 bridgehead atoms. The molecule has 0 spiro atoms. The largest absolute Gasteiger partial charge is 0.493 e. The number of amides is 2. The lowest BCUT2D eigenvalue weighted by Gasteiger charge is -2.29. The van der Waals surface area contributed by atoms with Crippen LogP contribution in [0.4, 0.5) is 11.4 Å². The minimum atomic E-state index is -0.305. The number of hydrogen-bond acceptors (Lipinski definition) is 19. The number of carbonyl (C=O) groups is 4. The number of nitrogens with zero attached hydrogens (tertiary/aromatic N) is 6. The van der Waals surface area contributed by atoms with Crippen molar-refractivity contribution < 1.29 is 66.5 Å². The average molecular weight is 1130 g/mol. The van der Waals surface area contributed by atoms with E-state index in [2.05, 4.69) is 35.6 Å². The summed E-state index contributed by atoms with van der Waals surface area (Å²) in [4.78, 5) is 71.7. The van der Waals surface area contributed by atoms with Crippen molar-refractivity contribution in [2.45, 2.75) is 89.8 Å². The van der Waals surface area contributed by atoms with Gasteiger partial charge in [0.2, 0.25) is 0 Å². The zero-order valence-electron chi connectivity index (χ0n) is 47.6. The number of benzene rings is 2. The summed E-state index contributed by atoms with van der Waals surface area (Å²) < 4.78 is 57.1. The molecule has 2 saturated heterocycles. The summed E-state index contributed by atoms with van der Waals surface area (Å²) in [5.74, 6) is 2.17. The van der Waals surface area contributed by atoms with Crippen molar-refractivity contribution in [1.82, 2.24) is 19.7 Å². The third-order valence-corrected chi connectivity index (χ3v) is 15.2. The van der Waals surface area contributed by atoms with Crippen LogP contribution >= 0.6 is 11.8 Å². The second-order valence-electron chi connectivity index (χ2n) is 20.3. The predicted molar refractivity (Wildman–Crippen MR) is 305 cm³/mol. The van der Waals surface area contributed by atoms with E-state index in [0.29, 0.717) is 167 Å². The molecule has 3 aromatic rings. The summed E-state index contributed by atoms with van der Waals surface area (Å²) >= 11 is 1.63. The van der Waals surface area contributed by atoms with Crippen molar-refractivity contribution in [1.29, 1.82) is 0 Å². The van der Waals surface area contributed by atoms with Gasteiger partial charge in [-0.3, -0.25) is 34.1 Å². The number of thioether (sulfide) groups is 1. The molecule has 2 amide bonds. The summed E-state index contributed by atoms with van der Waals surface area (Å²) in [7, 11) is 6.45. The number of fused-ring (bicyclic) bond motifs is 4. The van der Waals surface area contributed by atoms with Crippen LogP contribution in [0.25, 0.3) is 0 Å². The normalized spacial score (nSPS) is 17.6. The molecule has 80 heavy (non-hydrogen) atoms. The van der Waals surface area contributed by atoms with Gasteiger partial charge in [0.25, 0.3) is 11.8 Å². The Labute approximate surface area is 474 Å². The number of methoxy groups -OCH3 is 3. The second-order valence-corrected chi connectivity index (χ2v) is 22.0. The highest BCUT2D eigenvalue weighted by Gasteiger charge is 2.36. The van der Waals surface area contributed by atoms with Gasteiger partial charge in [0.1, 0.15) is 31.4 Å². The lowest BCUT2D eigenvalue weighted by atomic mass is 10.1. The molecule has 4 aliphatic heterocycles. The van der Waals surface area contributed by atoms with Crippen molar-refractivity contribution in [3.63, 3.8) is 0 Å². The molecule has 1 aromatic heterocycles. The Bertz CT molecular complexity index is 2610. The fourth-order valence-corrected chi connectivity index (χ4v) is 10.5. The topological polar surface area (TPSA) is 208 Å². The molecule has 0 unspecified atom stereocenters. The fourth-order valence-electron chi connectivity index (χ4n) is 9.52. The molecular weight excluding hydrogens is 1050 g/mol. The van der Waals surface area contributed by atoms with E-state index in [0.717, 1.165) is 12.8 Å². The molecular formula is C59H78N6O14S. The van der Waals surface area contributed by atoms with E-state index in [4.69, 9.17) is 57.6 Å². The molecule has 0 radical (unpaired) electrons. The maximum atomic E-state index is 13.8. The van der Waals surface area contributed by atoms with Gasteiger partial charge in [-0.05, 0) is 66.1 Å². The summed E-state index contributed by atoms with van der Waals surface area (Å²) in [6.07, 6.45) is 10.6. The molecule has 2 atom stereocenters. The van der Waals surface area contributed by atoms with Crippen molar-refractivity contribution in [2.24, 2.45) is 9.98 Å². The van der Waals surface area contributed by atoms with Gasteiger partial charge in [-0.1, -0.05) is 23.3 Å². The number of Topliss-reactive ketones (excluding diaryl/α,β-unsaturated/α-hetero) is 1. The van der Waals surface area contributed by atoms with E-state index < -0.39 is 0 Å². The molecule has 21 heteroatoms. The first-order valence-corrected chi connectivity index (χ1v) is 28.2. The summed E-state index contributed by atoms with van der Waals surface area (Å²) in [5, 5.41) is 0. The highest BCUT2D eigenvalue weighted by atomic mass is 32.2. The van der Waals surface area contributed by atoms with E-state index in [1.807, 2.05) is 55.3 Å². The van der Waals surface area contributed by atoms with Crippen LogP contribution in [-0.4, -0.2) is 192 Å². The summed E-state index contributed by atoms with van der Waals surface area (Å²) in [5.41, 5.74) is 5.36. The molecule has 0 aliphatic carbocycles. The van der Waals surface area contributed by atoms with Gasteiger partial charge in [-0.25, -0.2) is 0 Å². The third kappa shape index (κ3) is 17.6. The highest BCUT2D eigenvalue weighted by molar-refractivity contribution is 8.01. The van der Waals surface area contributed by atoms with E-state index >= 15 is 0 Å². The lowest BCUT2D eigenvalue weighted by molar-refractivity contribution is -0.142. The first-order valence-electron chi connectivity index (χ1n) is 27.2. The molecule has 0 N–H and O–H groups in total. The smallest absolute Gasteiger partial charge is 0.307 e. The fraction of sp³-hybridized carbons (Fsp3) is 0.542. The number of aromatic nitrogens is 1. The molecule has 20 nitrogen and oxygen atoms in total. The average Bonchev–Trinajstić information content (AvgIpc) is 4.07. The Morgan fingerprint density at radius 2 is 1.16 bits per heavy atom. The van der Waals surface area contributed by atoms with E-state index in [1.54, 1.807) is 36.0 Å².